The molecule has 1 aromatic carbocycles. The van der Waals surface area contributed by atoms with E-state index in [2.05, 4.69) is 21.3 Å². The quantitative estimate of drug-likeness (QED) is 0.495. The van der Waals surface area contributed by atoms with Gasteiger partial charge in [0.25, 0.3) is 0 Å². The molecule has 4 amide bonds. The van der Waals surface area contributed by atoms with Crippen LogP contribution in [-0.4, -0.2) is 42.2 Å². The number of aliphatic hydroxyl groups excluding tert-OH is 1. The molecule has 2 aliphatic heterocycles. The summed E-state index contributed by atoms with van der Waals surface area (Å²) in [5.41, 5.74) is 0.372. The second-order valence-electron chi connectivity index (χ2n) is 6.20. The van der Waals surface area contributed by atoms with Gasteiger partial charge in [0.15, 0.2) is 0 Å². The van der Waals surface area contributed by atoms with E-state index in [4.69, 9.17) is 0 Å². The summed E-state index contributed by atoms with van der Waals surface area (Å²) >= 11 is 0. The van der Waals surface area contributed by atoms with Crippen LogP contribution in [0.4, 0.5) is 9.18 Å². The highest BCUT2D eigenvalue weighted by molar-refractivity contribution is 5.98. The van der Waals surface area contributed by atoms with Gasteiger partial charge >= 0.3 is 6.03 Å². The van der Waals surface area contributed by atoms with Crippen molar-refractivity contribution < 1.29 is 23.9 Å². The van der Waals surface area contributed by atoms with E-state index >= 15 is 0 Å². The van der Waals surface area contributed by atoms with Crippen LogP contribution in [0, 0.1) is 17.7 Å². The average molecular weight is 350 g/mol. The zero-order valence-electron chi connectivity index (χ0n) is 13.3. The number of halogens is 1. The highest BCUT2D eigenvalue weighted by Gasteiger charge is 2.41. The Kier molecular flexibility index (Phi) is 4.95. The van der Waals surface area contributed by atoms with Gasteiger partial charge in [-0.2, -0.15) is 0 Å². The molecule has 2 fully saturated rings. The summed E-state index contributed by atoms with van der Waals surface area (Å²) < 4.78 is 13.2. The van der Waals surface area contributed by atoms with Crippen molar-refractivity contribution in [1.82, 2.24) is 21.3 Å². The lowest BCUT2D eigenvalue weighted by molar-refractivity contribution is -0.131. The monoisotopic (exact) mass is 350 g/mol. The van der Waals surface area contributed by atoms with Crippen molar-refractivity contribution in [2.24, 2.45) is 11.8 Å². The fourth-order valence-corrected chi connectivity index (χ4v) is 3.10. The van der Waals surface area contributed by atoms with Gasteiger partial charge in [0, 0.05) is 13.1 Å². The number of fused-ring (bicyclic) bond motifs is 1. The summed E-state index contributed by atoms with van der Waals surface area (Å²) in [5, 5.41) is 20.4. The first kappa shape index (κ1) is 17.3. The number of piperidine rings is 1. The lowest BCUT2D eigenvalue weighted by Crippen LogP contribution is -2.67. The number of rotatable bonds is 4. The van der Waals surface area contributed by atoms with E-state index in [0.29, 0.717) is 12.1 Å². The number of nitrogens with one attached hydrogen (secondary N) is 4. The van der Waals surface area contributed by atoms with Gasteiger partial charge in [-0.1, -0.05) is 12.1 Å². The molecule has 0 saturated carbocycles. The summed E-state index contributed by atoms with van der Waals surface area (Å²) in [7, 11) is 0. The number of imide groups is 1. The zero-order valence-corrected chi connectivity index (χ0v) is 13.3. The van der Waals surface area contributed by atoms with Crippen LogP contribution in [0.5, 0.6) is 0 Å². The Labute approximate surface area is 143 Å². The van der Waals surface area contributed by atoms with Crippen LogP contribution in [-0.2, 0) is 9.59 Å². The van der Waals surface area contributed by atoms with E-state index in [1.807, 2.05) is 0 Å². The molecule has 1 aromatic rings. The molecule has 0 spiro atoms. The number of hydrogen-bond acceptors (Lipinski definition) is 5. The third kappa shape index (κ3) is 3.94. The molecule has 0 aromatic heterocycles. The molecule has 8 nitrogen and oxygen atoms in total. The molecule has 134 valence electrons. The van der Waals surface area contributed by atoms with Gasteiger partial charge in [-0.05, 0) is 24.1 Å². The van der Waals surface area contributed by atoms with Crippen LogP contribution in [0.3, 0.4) is 0 Å². The van der Waals surface area contributed by atoms with E-state index in [1.165, 1.54) is 18.2 Å². The number of amides is 4. The minimum absolute atomic E-state index is 0.0597. The van der Waals surface area contributed by atoms with Crippen molar-refractivity contribution in [1.29, 1.82) is 0 Å². The van der Waals surface area contributed by atoms with Crippen LogP contribution in [0.2, 0.25) is 0 Å². The molecule has 2 aliphatic rings. The Morgan fingerprint density at radius 3 is 2.96 bits per heavy atom. The van der Waals surface area contributed by atoms with Crippen LogP contribution in [0.15, 0.2) is 24.3 Å². The van der Waals surface area contributed by atoms with Gasteiger partial charge < -0.3 is 15.7 Å². The van der Waals surface area contributed by atoms with E-state index < -0.39 is 41.9 Å². The van der Waals surface area contributed by atoms with Gasteiger partial charge in [-0.25, -0.2) is 9.18 Å². The fourth-order valence-electron chi connectivity index (χ4n) is 3.10. The lowest BCUT2D eigenvalue weighted by Gasteiger charge is -2.38. The Bertz CT molecular complexity index is 698. The smallest absolute Gasteiger partial charge is 0.322 e. The number of urea groups is 1. The third-order valence-electron chi connectivity index (χ3n) is 4.46. The molecule has 2 heterocycles. The maximum atomic E-state index is 13.2. The third-order valence-corrected chi connectivity index (χ3v) is 4.46. The number of aliphatic hydroxyl groups is 1. The van der Waals surface area contributed by atoms with Gasteiger partial charge in [-0.3, -0.25) is 20.2 Å². The summed E-state index contributed by atoms with van der Waals surface area (Å²) in [6.45, 7) is 0.242. The normalized spacial score (nSPS) is 26.9. The highest BCUT2D eigenvalue weighted by Crippen LogP contribution is 2.23. The molecule has 25 heavy (non-hydrogen) atoms. The molecular formula is C16H19FN4O4. The molecule has 4 unspecified atom stereocenters. The van der Waals surface area contributed by atoms with Crippen molar-refractivity contribution in [3.05, 3.63) is 35.6 Å². The maximum absolute atomic E-state index is 13.2. The Hall–Kier alpha value is -2.52. The second kappa shape index (κ2) is 7.16. The molecule has 0 bridgehead atoms. The van der Waals surface area contributed by atoms with Gasteiger partial charge in [0.1, 0.15) is 5.82 Å². The van der Waals surface area contributed by atoms with Gasteiger partial charge in [-0.15, -0.1) is 0 Å². The first-order valence-corrected chi connectivity index (χ1v) is 8.00. The van der Waals surface area contributed by atoms with E-state index in [9.17, 15) is 23.9 Å². The molecule has 5 N–H and O–H groups in total. The molecular weight excluding hydrogens is 331 g/mol. The van der Waals surface area contributed by atoms with Crippen molar-refractivity contribution in [2.45, 2.75) is 18.7 Å². The highest BCUT2D eigenvalue weighted by atomic mass is 19.1. The van der Waals surface area contributed by atoms with Gasteiger partial charge in [0.05, 0.1) is 24.1 Å². The molecule has 2 saturated heterocycles. The minimum Gasteiger partial charge on any atom is -0.387 e. The summed E-state index contributed by atoms with van der Waals surface area (Å²) in [4.78, 5) is 35.4. The zero-order chi connectivity index (χ0) is 18.0. The minimum atomic E-state index is -1.03. The predicted molar refractivity (Wildman–Crippen MR) is 84.4 cm³/mol. The van der Waals surface area contributed by atoms with Crippen LogP contribution in [0.25, 0.3) is 0 Å². The fraction of sp³-hybridized carbons (Fsp3) is 0.438. The van der Waals surface area contributed by atoms with E-state index in [1.54, 1.807) is 6.07 Å². The molecule has 0 radical (unpaired) electrons. The Morgan fingerprint density at radius 1 is 1.40 bits per heavy atom. The van der Waals surface area contributed by atoms with E-state index in [0.717, 1.165) is 0 Å². The Morgan fingerprint density at radius 2 is 2.20 bits per heavy atom. The average Bonchev–Trinajstić information content (AvgIpc) is 2.59. The number of benzene rings is 1. The largest absolute Gasteiger partial charge is 0.387 e. The van der Waals surface area contributed by atoms with Crippen molar-refractivity contribution in [3.63, 3.8) is 0 Å². The van der Waals surface area contributed by atoms with Crippen LogP contribution < -0.4 is 21.3 Å². The number of carbonyl (C=O) groups excluding carboxylic acids is 3. The first-order chi connectivity index (χ1) is 11.9. The first-order valence-electron chi connectivity index (χ1n) is 8.00. The molecule has 4 atom stereocenters. The summed E-state index contributed by atoms with van der Waals surface area (Å²) in [6.07, 6.45) is -1.23. The van der Waals surface area contributed by atoms with Crippen LogP contribution in [0.1, 0.15) is 18.1 Å². The Balaban J connectivity index is 1.53. The maximum Gasteiger partial charge on any atom is 0.322 e. The number of carbonyl (C=O) groups is 3. The van der Waals surface area contributed by atoms with Gasteiger partial charge in [0.2, 0.25) is 11.8 Å². The number of hydrogen-bond donors (Lipinski definition) is 5. The topological polar surface area (TPSA) is 120 Å². The molecule has 9 heteroatoms. The summed E-state index contributed by atoms with van der Waals surface area (Å²) in [5.74, 6) is -2.20. The SMILES string of the molecule is O=C1NC(=O)C2CC(C(=O)NCC(O)c3cccc(F)c3)CNC2N1. The predicted octanol–water partition coefficient (Wildman–Crippen LogP) is -0.633. The van der Waals surface area contributed by atoms with Crippen molar-refractivity contribution in [3.8, 4) is 0 Å². The van der Waals surface area contributed by atoms with Crippen molar-refractivity contribution in [2.75, 3.05) is 13.1 Å². The molecule has 3 rings (SSSR count). The summed E-state index contributed by atoms with van der Waals surface area (Å²) in [6, 6.07) is 4.98. The lowest BCUT2D eigenvalue weighted by atomic mass is 9.86. The van der Waals surface area contributed by atoms with E-state index in [-0.39, 0.29) is 18.9 Å². The van der Waals surface area contributed by atoms with Crippen LogP contribution >= 0.6 is 0 Å². The van der Waals surface area contributed by atoms with Crippen molar-refractivity contribution >= 4 is 17.8 Å². The molecule has 0 aliphatic carbocycles. The standard InChI is InChI=1S/C16H19FN4O4/c17-10-3-1-2-8(4-10)12(22)7-19-14(23)9-5-11-13(18-6-9)20-16(25)21-15(11)24/h1-4,9,11-13,18,22H,5-7H2,(H,19,23)(H2,20,21,24,25). The second-order valence-corrected chi connectivity index (χ2v) is 6.20.